The summed E-state index contributed by atoms with van der Waals surface area (Å²) in [6, 6.07) is 7.39. The Kier molecular flexibility index (Phi) is 9.21. The number of benzene rings is 1. The van der Waals surface area contributed by atoms with E-state index in [0.717, 1.165) is 25.7 Å². The molecule has 1 aromatic heterocycles. The fraction of sp³-hybridized carbons (Fsp3) is 0.409. The maximum atomic E-state index is 13.1. The van der Waals surface area contributed by atoms with Gasteiger partial charge in [-0.15, -0.1) is 0 Å². The summed E-state index contributed by atoms with van der Waals surface area (Å²) in [5.74, 6) is -1.07. The lowest BCUT2D eigenvalue weighted by Gasteiger charge is -2.19. The van der Waals surface area contributed by atoms with Gasteiger partial charge in [0, 0.05) is 6.07 Å². The first-order valence-electron chi connectivity index (χ1n) is 10.0. The van der Waals surface area contributed by atoms with Crippen LogP contribution in [-0.4, -0.2) is 29.4 Å². The third-order valence-electron chi connectivity index (χ3n) is 4.31. The number of amides is 2. The highest BCUT2D eigenvalue weighted by Crippen LogP contribution is 2.26. The van der Waals surface area contributed by atoms with Gasteiger partial charge in [0.05, 0.1) is 18.8 Å². The number of halogens is 1. The molecule has 0 saturated carbocycles. The van der Waals surface area contributed by atoms with Gasteiger partial charge in [-0.05, 0) is 30.5 Å². The van der Waals surface area contributed by atoms with Crippen LogP contribution in [0.2, 0.25) is 0 Å². The van der Waals surface area contributed by atoms with Crippen molar-refractivity contribution in [3.05, 3.63) is 53.6 Å². The van der Waals surface area contributed by atoms with Gasteiger partial charge in [0.25, 0.3) is 5.91 Å². The van der Waals surface area contributed by atoms with E-state index in [1.54, 1.807) is 18.2 Å². The molecular formula is C22H28FN3O4. The molecule has 0 saturated heterocycles. The number of nitrogens with two attached hydrogens (primary N) is 1. The van der Waals surface area contributed by atoms with E-state index in [4.69, 9.17) is 15.2 Å². The van der Waals surface area contributed by atoms with Crippen molar-refractivity contribution in [2.24, 2.45) is 5.73 Å². The lowest BCUT2D eigenvalue weighted by Crippen LogP contribution is -2.36. The Morgan fingerprint density at radius 2 is 1.83 bits per heavy atom. The zero-order valence-corrected chi connectivity index (χ0v) is 17.3. The van der Waals surface area contributed by atoms with Gasteiger partial charge in [-0.25, -0.2) is 9.37 Å². The minimum absolute atomic E-state index is 0.0326. The van der Waals surface area contributed by atoms with E-state index in [1.807, 2.05) is 0 Å². The number of imide groups is 1. The summed E-state index contributed by atoms with van der Waals surface area (Å²) >= 11 is 0. The van der Waals surface area contributed by atoms with Crippen LogP contribution < -0.4 is 20.5 Å². The van der Waals surface area contributed by atoms with Crippen LogP contribution in [0.1, 0.15) is 55.6 Å². The second kappa shape index (κ2) is 11.9. The van der Waals surface area contributed by atoms with Crippen molar-refractivity contribution in [2.75, 3.05) is 6.54 Å². The molecule has 3 N–H and O–H groups in total. The van der Waals surface area contributed by atoms with Crippen molar-refractivity contribution in [1.82, 2.24) is 10.3 Å². The first-order chi connectivity index (χ1) is 14.5. The average Bonchev–Trinajstić information content (AvgIpc) is 2.73. The fourth-order valence-corrected chi connectivity index (χ4v) is 2.85. The predicted octanol–water partition coefficient (Wildman–Crippen LogP) is 3.36. The van der Waals surface area contributed by atoms with Crippen LogP contribution in [0.15, 0.2) is 36.5 Å². The molecule has 30 heavy (non-hydrogen) atoms. The number of hydrogen-bond donors (Lipinski definition) is 2. The van der Waals surface area contributed by atoms with Crippen LogP contribution in [0.3, 0.4) is 0 Å². The summed E-state index contributed by atoms with van der Waals surface area (Å²) in [5, 5.41) is 2.16. The van der Waals surface area contributed by atoms with Gasteiger partial charge in [-0.2, -0.15) is 0 Å². The standard InChI is InChI=1S/C22H28FN3O4/c1-3-5-17(6-4-2)30-18-11-19(29-14-15-7-9-16(23)10-8-15)21(25-13-18)22(28)26-20(27)12-24/h7-11,13,17H,3-6,12,14,24H2,1-2H3,(H,26,27,28). The minimum Gasteiger partial charge on any atom is -0.489 e. The number of ether oxygens (including phenoxy) is 2. The van der Waals surface area contributed by atoms with Crippen molar-refractivity contribution in [3.8, 4) is 11.5 Å². The molecule has 8 heteroatoms. The first kappa shape index (κ1) is 23.3. The van der Waals surface area contributed by atoms with Crippen LogP contribution in [0.5, 0.6) is 11.5 Å². The molecule has 0 aliphatic carbocycles. The van der Waals surface area contributed by atoms with Crippen molar-refractivity contribution in [2.45, 2.75) is 52.2 Å². The van der Waals surface area contributed by atoms with Crippen molar-refractivity contribution < 1.29 is 23.5 Å². The molecule has 162 valence electrons. The van der Waals surface area contributed by atoms with Gasteiger partial charge < -0.3 is 15.2 Å². The van der Waals surface area contributed by atoms with Gasteiger partial charge in [-0.1, -0.05) is 38.8 Å². The number of carbonyl (C=O) groups is 2. The number of nitrogens with one attached hydrogen (secondary N) is 1. The van der Waals surface area contributed by atoms with Crippen molar-refractivity contribution in [1.29, 1.82) is 0 Å². The Balaban J connectivity index is 2.25. The number of pyridine rings is 1. The zero-order valence-electron chi connectivity index (χ0n) is 17.3. The lowest BCUT2D eigenvalue weighted by molar-refractivity contribution is -0.118. The Morgan fingerprint density at radius 1 is 1.17 bits per heavy atom. The van der Waals surface area contributed by atoms with Crippen molar-refractivity contribution in [3.63, 3.8) is 0 Å². The minimum atomic E-state index is -0.718. The molecule has 0 spiro atoms. The number of nitrogens with zero attached hydrogens (tertiary/aromatic N) is 1. The van der Waals surface area contributed by atoms with E-state index in [0.29, 0.717) is 11.3 Å². The Hall–Kier alpha value is -3.00. The molecular weight excluding hydrogens is 389 g/mol. The average molecular weight is 417 g/mol. The fourth-order valence-electron chi connectivity index (χ4n) is 2.85. The molecule has 0 bridgehead atoms. The van der Waals surface area contributed by atoms with Crippen LogP contribution in [0, 0.1) is 5.82 Å². The van der Waals surface area contributed by atoms with Gasteiger partial charge in [-0.3, -0.25) is 14.9 Å². The normalized spacial score (nSPS) is 10.7. The van der Waals surface area contributed by atoms with E-state index in [1.165, 1.54) is 18.3 Å². The van der Waals surface area contributed by atoms with Crippen LogP contribution in [0.4, 0.5) is 4.39 Å². The molecule has 7 nitrogen and oxygen atoms in total. The quantitative estimate of drug-likeness (QED) is 0.581. The lowest BCUT2D eigenvalue weighted by atomic mass is 10.1. The summed E-state index contributed by atoms with van der Waals surface area (Å²) in [6.45, 7) is 3.94. The SMILES string of the molecule is CCCC(CCC)Oc1cnc(C(=O)NC(=O)CN)c(OCc2ccc(F)cc2)c1. The van der Waals surface area contributed by atoms with E-state index >= 15 is 0 Å². The largest absolute Gasteiger partial charge is 0.489 e. The van der Waals surface area contributed by atoms with Gasteiger partial charge in [0.2, 0.25) is 5.91 Å². The molecule has 1 aromatic carbocycles. The molecule has 0 aliphatic heterocycles. The Labute approximate surface area is 175 Å². The third-order valence-corrected chi connectivity index (χ3v) is 4.31. The molecule has 0 fully saturated rings. The van der Waals surface area contributed by atoms with Crippen LogP contribution >= 0.6 is 0 Å². The smallest absolute Gasteiger partial charge is 0.280 e. The molecule has 2 rings (SSSR count). The molecule has 0 radical (unpaired) electrons. The summed E-state index contributed by atoms with van der Waals surface area (Å²) in [6.07, 6.45) is 5.22. The van der Waals surface area contributed by atoms with E-state index < -0.39 is 11.8 Å². The van der Waals surface area contributed by atoms with E-state index in [2.05, 4.69) is 24.1 Å². The van der Waals surface area contributed by atoms with E-state index in [-0.39, 0.29) is 36.5 Å². The van der Waals surface area contributed by atoms with Crippen LogP contribution in [0.25, 0.3) is 0 Å². The molecule has 2 aromatic rings. The van der Waals surface area contributed by atoms with Gasteiger partial charge in [0.1, 0.15) is 18.2 Å². The second-order valence-corrected chi connectivity index (χ2v) is 6.83. The molecule has 0 unspecified atom stereocenters. The van der Waals surface area contributed by atoms with Crippen LogP contribution in [-0.2, 0) is 11.4 Å². The summed E-state index contributed by atoms with van der Waals surface area (Å²) in [5.41, 5.74) is 5.90. The summed E-state index contributed by atoms with van der Waals surface area (Å²) in [4.78, 5) is 28.0. The number of aromatic nitrogens is 1. The monoisotopic (exact) mass is 417 g/mol. The molecule has 0 atom stereocenters. The van der Waals surface area contributed by atoms with Gasteiger partial charge in [0.15, 0.2) is 11.4 Å². The third kappa shape index (κ3) is 7.11. The molecule has 2 amide bonds. The predicted molar refractivity (Wildman–Crippen MR) is 111 cm³/mol. The second-order valence-electron chi connectivity index (χ2n) is 6.83. The summed E-state index contributed by atoms with van der Waals surface area (Å²) < 4.78 is 24.9. The highest BCUT2D eigenvalue weighted by Gasteiger charge is 2.19. The topological polar surface area (TPSA) is 104 Å². The Morgan fingerprint density at radius 3 is 2.43 bits per heavy atom. The Bertz CT molecular complexity index is 837. The number of rotatable bonds is 11. The maximum absolute atomic E-state index is 13.1. The van der Waals surface area contributed by atoms with Gasteiger partial charge >= 0.3 is 0 Å². The zero-order chi connectivity index (χ0) is 21.9. The van der Waals surface area contributed by atoms with Crippen molar-refractivity contribution >= 4 is 11.8 Å². The number of carbonyl (C=O) groups excluding carboxylic acids is 2. The highest BCUT2D eigenvalue weighted by atomic mass is 19.1. The maximum Gasteiger partial charge on any atom is 0.280 e. The summed E-state index contributed by atoms with van der Waals surface area (Å²) in [7, 11) is 0. The first-order valence-corrected chi connectivity index (χ1v) is 10.0. The highest BCUT2D eigenvalue weighted by molar-refractivity contribution is 6.05. The number of hydrogen-bond acceptors (Lipinski definition) is 6. The van der Waals surface area contributed by atoms with E-state index in [9.17, 15) is 14.0 Å². The molecule has 1 heterocycles. The molecule has 0 aliphatic rings.